The minimum atomic E-state index is -0.730. The van der Waals surface area contributed by atoms with Crippen LogP contribution in [0, 0.1) is 0 Å². The molecule has 1 unspecified atom stereocenters. The lowest BCUT2D eigenvalue weighted by molar-refractivity contribution is 0.207. The number of aromatic nitrogens is 4. The van der Waals surface area contributed by atoms with Gasteiger partial charge in [-0.1, -0.05) is 0 Å². The zero-order valence-corrected chi connectivity index (χ0v) is 9.28. The van der Waals surface area contributed by atoms with E-state index in [2.05, 4.69) is 15.0 Å². The maximum absolute atomic E-state index is 10.2. The van der Waals surface area contributed by atoms with Gasteiger partial charge in [-0.25, -0.2) is 15.0 Å². The van der Waals surface area contributed by atoms with Crippen molar-refractivity contribution in [2.45, 2.75) is 26.0 Å². The predicted molar refractivity (Wildman–Crippen MR) is 58.7 cm³/mol. The number of rotatable bonds is 3. The highest BCUT2D eigenvalue weighted by Gasteiger charge is 2.16. The topological polar surface area (TPSA) is 63.8 Å². The fourth-order valence-corrected chi connectivity index (χ4v) is 1.58. The molecule has 0 aliphatic heterocycles. The van der Waals surface area contributed by atoms with Crippen molar-refractivity contribution in [1.29, 1.82) is 0 Å². The van der Waals surface area contributed by atoms with Crippen molar-refractivity contribution in [3.05, 3.63) is 42.5 Å². The van der Waals surface area contributed by atoms with Gasteiger partial charge in [0.05, 0.1) is 18.2 Å². The van der Waals surface area contributed by atoms with Crippen molar-refractivity contribution >= 4 is 0 Å². The van der Waals surface area contributed by atoms with E-state index >= 15 is 0 Å². The second-order valence-electron chi connectivity index (χ2n) is 3.89. The maximum Gasteiger partial charge on any atom is 0.124 e. The first-order valence-corrected chi connectivity index (χ1v) is 5.15. The van der Waals surface area contributed by atoms with Crippen LogP contribution in [0.25, 0.3) is 0 Å². The zero-order valence-electron chi connectivity index (χ0n) is 9.28. The van der Waals surface area contributed by atoms with Gasteiger partial charge in [-0.05, 0) is 13.8 Å². The van der Waals surface area contributed by atoms with Crippen molar-refractivity contribution in [1.82, 2.24) is 19.5 Å². The molecular weight excluding hydrogens is 204 g/mol. The summed E-state index contributed by atoms with van der Waals surface area (Å²) in [5, 5.41) is 10.2. The summed E-state index contributed by atoms with van der Waals surface area (Å²) in [5.74, 6) is 0. The predicted octanol–water partition coefficient (Wildman–Crippen LogP) is 1.34. The van der Waals surface area contributed by atoms with Crippen molar-refractivity contribution < 1.29 is 5.11 Å². The van der Waals surface area contributed by atoms with Gasteiger partial charge in [0.25, 0.3) is 0 Å². The highest BCUT2D eigenvalue weighted by molar-refractivity contribution is 5.19. The van der Waals surface area contributed by atoms with Crippen molar-refractivity contribution in [3.8, 4) is 0 Å². The van der Waals surface area contributed by atoms with Crippen molar-refractivity contribution in [2.24, 2.45) is 0 Å². The van der Waals surface area contributed by atoms with E-state index in [1.54, 1.807) is 24.9 Å². The third-order valence-electron chi connectivity index (χ3n) is 2.43. The Hall–Kier alpha value is -1.75. The Morgan fingerprint density at radius 1 is 1.12 bits per heavy atom. The number of aliphatic hydroxyl groups is 1. The molecule has 0 aromatic carbocycles. The number of nitrogens with zero attached hydrogens (tertiary/aromatic N) is 4. The van der Waals surface area contributed by atoms with Gasteiger partial charge in [0.15, 0.2) is 0 Å². The molecule has 1 N–H and O–H groups in total. The monoisotopic (exact) mass is 218 g/mol. The molecule has 2 heterocycles. The van der Waals surface area contributed by atoms with Crippen molar-refractivity contribution in [2.75, 3.05) is 0 Å². The first-order chi connectivity index (χ1) is 7.70. The molecule has 0 aliphatic carbocycles. The van der Waals surface area contributed by atoms with Crippen LogP contribution in [-0.2, 0) is 0 Å². The summed E-state index contributed by atoms with van der Waals surface area (Å²) in [6, 6.07) is 0.261. The Morgan fingerprint density at radius 2 is 1.81 bits per heavy atom. The van der Waals surface area contributed by atoms with Crippen LogP contribution in [0.1, 0.15) is 37.3 Å². The van der Waals surface area contributed by atoms with Crippen LogP contribution in [0.4, 0.5) is 0 Å². The molecule has 0 saturated heterocycles. The van der Waals surface area contributed by atoms with Crippen LogP contribution in [0.2, 0.25) is 0 Å². The Bertz CT molecular complexity index is 452. The van der Waals surface area contributed by atoms with E-state index in [9.17, 15) is 5.11 Å². The molecule has 1 atom stereocenters. The largest absolute Gasteiger partial charge is 0.382 e. The standard InChI is InChI=1S/C11H14N4O/c1-8(2)15-7-14-5-10(15)11(16)9-3-12-6-13-4-9/h3-8,11,16H,1-2H3. The molecule has 2 aromatic rings. The maximum atomic E-state index is 10.2. The molecule has 5 heteroatoms. The van der Waals surface area contributed by atoms with Gasteiger partial charge in [0.2, 0.25) is 0 Å². The van der Waals surface area contributed by atoms with Gasteiger partial charge in [-0.2, -0.15) is 0 Å². The minimum absolute atomic E-state index is 0.261. The summed E-state index contributed by atoms with van der Waals surface area (Å²) < 4.78 is 1.93. The van der Waals surface area contributed by atoms with E-state index < -0.39 is 6.10 Å². The Morgan fingerprint density at radius 3 is 2.44 bits per heavy atom. The molecule has 0 fully saturated rings. The van der Waals surface area contributed by atoms with Crippen LogP contribution in [0.15, 0.2) is 31.2 Å². The lowest BCUT2D eigenvalue weighted by atomic mass is 10.1. The molecule has 0 amide bonds. The van der Waals surface area contributed by atoms with Crippen LogP contribution >= 0.6 is 0 Å². The average molecular weight is 218 g/mol. The molecule has 0 saturated carbocycles. The summed E-state index contributed by atoms with van der Waals surface area (Å²) in [5.41, 5.74) is 1.43. The van der Waals surface area contributed by atoms with Crippen LogP contribution < -0.4 is 0 Å². The fourth-order valence-electron chi connectivity index (χ4n) is 1.58. The zero-order chi connectivity index (χ0) is 11.5. The quantitative estimate of drug-likeness (QED) is 0.844. The Labute approximate surface area is 93.8 Å². The second-order valence-corrected chi connectivity index (χ2v) is 3.89. The molecule has 84 valence electrons. The van der Waals surface area contributed by atoms with E-state index in [0.717, 1.165) is 5.69 Å². The van der Waals surface area contributed by atoms with E-state index in [-0.39, 0.29) is 6.04 Å². The summed E-state index contributed by atoms with van der Waals surface area (Å²) in [7, 11) is 0. The number of imidazole rings is 1. The molecule has 0 spiro atoms. The average Bonchev–Trinajstić information content (AvgIpc) is 2.78. The second kappa shape index (κ2) is 4.40. The highest BCUT2D eigenvalue weighted by atomic mass is 16.3. The van der Waals surface area contributed by atoms with Gasteiger partial charge in [0.1, 0.15) is 12.4 Å². The number of hydrogen-bond donors (Lipinski definition) is 1. The van der Waals surface area contributed by atoms with Gasteiger partial charge in [0, 0.05) is 24.0 Å². The lowest BCUT2D eigenvalue weighted by Gasteiger charge is -2.16. The first kappa shape index (κ1) is 10.8. The lowest BCUT2D eigenvalue weighted by Crippen LogP contribution is -2.10. The Balaban J connectivity index is 2.34. The smallest absolute Gasteiger partial charge is 0.124 e. The summed E-state index contributed by atoms with van der Waals surface area (Å²) in [6.07, 6.45) is 7.30. The minimum Gasteiger partial charge on any atom is -0.382 e. The molecule has 2 aromatic heterocycles. The fraction of sp³-hybridized carbons (Fsp3) is 0.364. The van der Waals surface area contributed by atoms with Crippen LogP contribution in [0.3, 0.4) is 0 Å². The number of aliphatic hydroxyl groups excluding tert-OH is 1. The van der Waals surface area contributed by atoms with Gasteiger partial charge < -0.3 is 9.67 Å². The molecular formula is C11H14N4O. The third-order valence-corrected chi connectivity index (χ3v) is 2.43. The molecule has 0 aliphatic rings. The summed E-state index contributed by atoms with van der Waals surface area (Å²) >= 11 is 0. The molecule has 0 radical (unpaired) electrons. The molecule has 16 heavy (non-hydrogen) atoms. The van der Waals surface area contributed by atoms with E-state index in [1.165, 1.54) is 6.33 Å². The first-order valence-electron chi connectivity index (χ1n) is 5.15. The van der Waals surface area contributed by atoms with Crippen LogP contribution in [-0.4, -0.2) is 24.6 Å². The summed E-state index contributed by atoms with van der Waals surface area (Å²) in [6.45, 7) is 4.08. The highest BCUT2D eigenvalue weighted by Crippen LogP contribution is 2.22. The van der Waals surface area contributed by atoms with Gasteiger partial charge >= 0.3 is 0 Å². The normalized spacial score (nSPS) is 13.0. The van der Waals surface area contributed by atoms with Crippen molar-refractivity contribution in [3.63, 3.8) is 0 Å². The third kappa shape index (κ3) is 1.94. The Kier molecular flexibility index (Phi) is 2.96. The summed E-state index contributed by atoms with van der Waals surface area (Å²) in [4.78, 5) is 11.8. The van der Waals surface area contributed by atoms with E-state index in [4.69, 9.17) is 0 Å². The number of hydrogen-bond acceptors (Lipinski definition) is 4. The van der Waals surface area contributed by atoms with Gasteiger partial charge in [-0.15, -0.1) is 0 Å². The van der Waals surface area contributed by atoms with E-state index in [1.807, 2.05) is 18.4 Å². The van der Waals surface area contributed by atoms with Gasteiger partial charge in [-0.3, -0.25) is 0 Å². The molecule has 0 bridgehead atoms. The molecule has 5 nitrogen and oxygen atoms in total. The van der Waals surface area contributed by atoms with E-state index in [0.29, 0.717) is 5.56 Å². The molecule has 2 rings (SSSR count). The van der Waals surface area contributed by atoms with Crippen LogP contribution in [0.5, 0.6) is 0 Å². The SMILES string of the molecule is CC(C)n1cncc1C(O)c1cncnc1.